The number of carboxylic acid groups (broad SMARTS) is 1. The smallest absolute Gasteiger partial charge is 0.326 e. The fourth-order valence-electron chi connectivity index (χ4n) is 2.75. The van der Waals surface area contributed by atoms with Crippen LogP contribution in [0.25, 0.3) is 11.1 Å². The zero-order valence-electron chi connectivity index (χ0n) is 11.4. The Balaban J connectivity index is 2.09. The van der Waals surface area contributed by atoms with Crippen LogP contribution in [0.5, 0.6) is 0 Å². The van der Waals surface area contributed by atoms with Crippen molar-refractivity contribution in [2.45, 2.75) is 32.7 Å². The normalized spacial score (nSPS) is 23.2. The molecule has 1 aliphatic heterocycles. The molecule has 7 heteroatoms. The van der Waals surface area contributed by atoms with Gasteiger partial charge in [0.1, 0.15) is 23.6 Å². The van der Waals surface area contributed by atoms with Crippen molar-refractivity contribution in [3.05, 3.63) is 12.0 Å². The number of fused-ring (bicyclic) bond motifs is 1. The van der Waals surface area contributed by atoms with Crippen LogP contribution in [0.4, 0.5) is 5.82 Å². The van der Waals surface area contributed by atoms with Crippen molar-refractivity contribution in [1.82, 2.24) is 15.1 Å². The quantitative estimate of drug-likeness (QED) is 0.890. The number of rotatable bonds is 2. The van der Waals surface area contributed by atoms with Gasteiger partial charge in [-0.2, -0.15) is 4.98 Å². The monoisotopic (exact) mass is 276 g/mol. The molecule has 3 heterocycles. The van der Waals surface area contributed by atoms with Crippen molar-refractivity contribution in [2.24, 2.45) is 5.92 Å². The molecule has 7 nitrogen and oxygen atoms in total. The van der Waals surface area contributed by atoms with Gasteiger partial charge >= 0.3 is 5.97 Å². The van der Waals surface area contributed by atoms with Gasteiger partial charge < -0.3 is 14.5 Å². The number of carbonyl (C=O) groups is 1. The fraction of sp³-hybridized carbons (Fsp3) is 0.538. The molecule has 0 aromatic carbocycles. The van der Waals surface area contributed by atoms with Gasteiger partial charge in [-0.3, -0.25) is 0 Å². The maximum atomic E-state index is 11.5. The largest absolute Gasteiger partial charge is 0.480 e. The van der Waals surface area contributed by atoms with Gasteiger partial charge in [-0.15, -0.1) is 0 Å². The molecule has 3 rings (SSSR count). The van der Waals surface area contributed by atoms with E-state index >= 15 is 0 Å². The van der Waals surface area contributed by atoms with Crippen molar-refractivity contribution in [2.75, 3.05) is 11.4 Å². The standard InChI is InChI=1S/C13H16N4O3/c1-7-3-4-17(9(5-7)13(18)19)11-10-8(2)16-20-12(10)15-6-14-11/h6-7,9H,3-5H2,1-2H3,(H,18,19). The van der Waals surface area contributed by atoms with Crippen LogP contribution in [0.1, 0.15) is 25.5 Å². The Hall–Kier alpha value is -2.18. The summed E-state index contributed by atoms with van der Waals surface area (Å²) in [5.41, 5.74) is 1.08. The Morgan fingerprint density at radius 3 is 3.05 bits per heavy atom. The van der Waals surface area contributed by atoms with E-state index in [-0.39, 0.29) is 0 Å². The van der Waals surface area contributed by atoms with Gasteiger partial charge in [-0.25, -0.2) is 9.78 Å². The molecule has 20 heavy (non-hydrogen) atoms. The molecule has 106 valence electrons. The molecule has 1 aliphatic rings. The Bertz CT molecular complexity index is 654. The summed E-state index contributed by atoms with van der Waals surface area (Å²) < 4.78 is 5.12. The Labute approximate surface area is 115 Å². The fourth-order valence-corrected chi connectivity index (χ4v) is 2.75. The van der Waals surface area contributed by atoms with Crippen LogP contribution in [0.15, 0.2) is 10.9 Å². The summed E-state index contributed by atoms with van der Waals surface area (Å²) in [6.45, 7) is 4.55. The first kappa shape index (κ1) is 12.8. The zero-order valence-corrected chi connectivity index (χ0v) is 11.4. The average molecular weight is 276 g/mol. The zero-order chi connectivity index (χ0) is 14.3. The van der Waals surface area contributed by atoms with Crippen LogP contribution in [-0.4, -0.2) is 38.8 Å². The van der Waals surface area contributed by atoms with Crippen LogP contribution in [0, 0.1) is 12.8 Å². The van der Waals surface area contributed by atoms with E-state index in [2.05, 4.69) is 22.0 Å². The van der Waals surface area contributed by atoms with Gasteiger partial charge in [0.2, 0.25) is 0 Å². The molecular weight excluding hydrogens is 260 g/mol. The van der Waals surface area contributed by atoms with Crippen molar-refractivity contribution in [3.63, 3.8) is 0 Å². The van der Waals surface area contributed by atoms with E-state index in [0.717, 1.165) is 6.42 Å². The maximum Gasteiger partial charge on any atom is 0.326 e. The summed E-state index contributed by atoms with van der Waals surface area (Å²) in [7, 11) is 0. The lowest BCUT2D eigenvalue weighted by Gasteiger charge is -2.36. The number of piperidine rings is 1. The molecule has 1 saturated heterocycles. The summed E-state index contributed by atoms with van der Waals surface area (Å²) in [6.07, 6.45) is 2.95. The molecule has 2 aromatic rings. The molecular formula is C13H16N4O3. The topological polar surface area (TPSA) is 92.4 Å². The van der Waals surface area contributed by atoms with Gasteiger partial charge in [0.15, 0.2) is 0 Å². The van der Waals surface area contributed by atoms with Gasteiger partial charge in [0.25, 0.3) is 5.71 Å². The number of aliphatic carboxylic acids is 1. The van der Waals surface area contributed by atoms with Gasteiger partial charge in [0, 0.05) is 6.54 Å². The summed E-state index contributed by atoms with van der Waals surface area (Å²) in [6, 6.07) is -0.564. The van der Waals surface area contributed by atoms with Crippen LogP contribution < -0.4 is 4.90 Å². The van der Waals surface area contributed by atoms with Crippen LogP contribution in [-0.2, 0) is 4.79 Å². The van der Waals surface area contributed by atoms with E-state index in [4.69, 9.17) is 4.52 Å². The average Bonchev–Trinajstić information content (AvgIpc) is 2.81. The SMILES string of the molecule is Cc1noc2ncnc(N3CCC(C)CC3C(=O)O)c12. The Morgan fingerprint density at radius 2 is 2.30 bits per heavy atom. The van der Waals surface area contributed by atoms with Crippen LogP contribution in [0.3, 0.4) is 0 Å². The highest BCUT2D eigenvalue weighted by Crippen LogP contribution is 2.32. The summed E-state index contributed by atoms with van der Waals surface area (Å²) in [4.78, 5) is 21.6. The molecule has 1 fully saturated rings. The van der Waals surface area contributed by atoms with Crippen molar-refractivity contribution < 1.29 is 14.4 Å². The number of nitrogens with zero attached hydrogens (tertiary/aromatic N) is 4. The highest BCUT2D eigenvalue weighted by Gasteiger charge is 2.34. The molecule has 2 atom stereocenters. The predicted octanol–water partition coefficient (Wildman–Crippen LogP) is 1.62. The minimum Gasteiger partial charge on any atom is -0.480 e. The number of carboxylic acids is 1. The highest BCUT2D eigenvalue weighted by atomic mass is 16.5. The first-order valence-electron chi connectivity index (χ1n) is 6.64. The molecule has 2 unspecified atom stereocenters. The van der Waals surface area contributed by atoms with E-state index in [0.29, 0.717) is 41.5 Å². The molecule has 0 spiro atoms. The summed E-state index contributed by atoms with van der Waals surface area (Å²) >= 11 is 0. The van der Waals surface area contributed by atoms with Crippen molar-refractivity contribution in [3.8, 4) is 0 Å². The highest BCUT2D eigenvalue weighted by molar-refractivity contribution is 5.90. The number of anilines is 1. The molecule has 0 amide bonds. The third kappa shape index (κ3) is 1.99. The molecule has 1 N–H and O–H groups in total. The predicted molar refractivity (Wildman–Crippen MR) is 71.5 cm³/mol. The van der Waals surface area contributed by atoms with Gasteiger partial charge in [-0.05, 0) is 25.7 Å². The van der Waals surface area contributed by atoms with Crippen LogP contribution >= 0.6 is 0 Å². The van der Waals surface area contributed by atoms with E-state index < -0.39 is 12.0 Å². The second-order valence-electron chi connectivity index (χ2n) is 5.32. The molecule has 0 bridgehead atoms. The summed E-state index contributed by atoms with van der Waals surface area (Å²) in [5, 5.41) is 14.0. The first-order chi connectivity index (χ1) is 9.58. The first-order valence-corrected chi connectivity index (χ1v) is 6.64. The van der Waals surface area contributed by atoms with E-state index in [9.17, 15) is 9.90 Å². The summed E-state index contributed by atoms with van der Waals surface area (Å²) in [5.74, 6) is 0.179. The Morgan fingerprint density at radius 1 is 1.50 bits per heavy atom. The minimum atomic E-state index is -0.822. The lowest BCUT2D eigenvalue weighted by molar-refractivity contribution is -0.139. The van der Waals surface area contributed by atoms with Gasteiger partial charge in [-0.1, -0.05) is 12.1 Å². The van der Waals surface area contributed by atoms with Crippen molar-refractivity contribution in [1.29, 1.82) is 0 Å². The number of hydrogen-bond donors (Lipinski definition) is 1. The molecule has 2 aromatic heterocycles. The van der Waals surface area contributed by atoms with E-state index in [1.54, 1.807) is 6.92 Å². The number of aryl methyl sites for hydroxylation is 1. The molecule has 0 radical (unpaired) electrons. The minimum absolute atomic E-state index is 0.397. The second-order valence-corrected chi connectivity index (χ2v) is 5.32. The van der Waals surface area contributed by atoms with Crippen molar-refractivity contribution >= 4 is 22.9 Å². The molecule has 0 aliphatic carbocycles. The maximum absolute atomic E-state index is 11.5. The van der Waals surface area contributed by atoms with Crippen LogP contribution in [0.2, 0.25) is 0 Å². The van der Waals surface area contributed by atoms with E-state index in [1.165, 1.54) is 6.33 Å². The lowest BCUT2D eigenvalue weighted by atomic mass is 9.92. The number of hydrogen-bond acceptors (Lipinski definition) is 6. The second kappa shape index (κ2) is 4.73. The number of aromatic nitrogens is 3. The van der Waals surface area contributed by atoms with Gasteiger partial charge in [0.05, 0.1) is 5.69 Å². The lowest BCUT2D eigenvalue weighted by Crippen LogP contribution is -2.47. The third-order valence-electron chi connectivity index (χ3n) is 3.85. The van der Waals surface area contributed by atoms with E-state index in [1.807, 2.05) is 4.90 Å². The Kier molecular flexibility index (Phi) is 3.04. The third-order valence-corrected chi connectivity index (χ3v) is 3.85. The molecule has 0 saturated carbocycles.